The summed E-state index contributed by atoms with van der Waals surface area (Å²) in [5, 5.41) is 12.9. The van der Waals surface area contributed by atoms with E-state index in [1.165, 1.54) is 0 Å². The van der Waals surface area contributed by atoms with Gasteiger partial charge in [-0.15, -0.1) is 24.0 Å². The summed E-state index contributed by atoms with van der Waals surface area (Å²) in [6, 6.07) is 7.92. The standard InChI is InChI=1S/C15H23N3O2.HI/c1-3-16-15(18-9-8-13(19)11-18)17-10-12-4-6-14(20-2)7-5-12;/h4-7,13,19H,3,8-11H2,1-2H3,(H,16,17);1H/t13-;/m1./s1. The van der Waals surface area contributed by atoms with E-state index in [-0.39, 0.29) is 30.1 Å². The molecule has 1 aliphatic rings. The van der Waals surface area contributed by atoms with Crippen molar-refractivity contribution < 1.29 is 9.84 Å². The lowest BCUT2D eigenvalue weighted by Gasteiger charge is -2.20. The SMILES string of the molecule is CCNC(=NCc1ccc(OC)cc1)N1CC[C@@H](O)C1.I. The summed E-state index contributed by atoms with van der Waals surface area (Å²) in [4.78, 5) is 6.74. The highest BCUT2D eigenvalue weighted by atomic mass is 127. The number of aliphatic hydroxyl groups is 1. The van der Waals surface area contributed by atoms with Gasteiger partial charge in [0.2, 0.25) is 0 Å². The van der Waals surface area contributed by atoms with Crippen molar-refractivity contribution in [2.45, 2.75) is 26.0 Å². The van der Waals surface area contributed by atoms with E-state index in [2.05, 4.69) is 22.1 Å². The molecule has 1 aliphatic heterocycles. The molecular formula is C15H24IN3O2. The van der Waals surface area contributed by atoms with Gasteiger partial charge in [-0.2, -0.15) is 0 Å². The van der Waals surface area contributed by atoms with Crippen molar-refractivity contribution in [1.29, 1.82) is 0 Å². The molecule has 5 nitrogen and oxygen atoms in total. The first-order chi connectivity index (χ1) is 9.72. The topological polar surface area (TPSA) is 57.1 Å². The second-order valence-electron chi connectivity index (χ2n) is 4.91. The summed E-state index contributed by atoms with van der Waals surface area (Å²) in [5.74, 6) is 1.73. The lowest BCUT2D eigenvalue weighted by atomic mass is 10.2. The molecule has 1 fully saturated rings. The summed E-state index contributed by atoms with van der Waals surface area (Å²) in [7, 11) is 1.66. The molecule has 1 atom stereocenters. The van der Waals surface area contributed by atoms with Gasteiger partial charge in [0.25, 0.3) is 0 Å². The number of methoxy groups -OCH3 is 1. The first-order valence-corrected chi connectivity index (χ1v) is 7.07. The second kappa shape index (κ2) is 9.09. The Bertz CT molecular complexity index is 451. The summed E-state index contributed by atoms with van der Waals surface area (Å²) in [5.41, 5.74) is 1.14. The monoisotopic (exact) mass is 405 g/mol. The molecule has 0 spiro atoms. The van der Waals surface area contributed by atoms with E-state index in [1.807, 2.05) is 24.3 Å². The van der Waals surface area contributed by atoms with Crippen LogP contribution in [0, 0.1) is 0 Å². The Hall–Kier alpha value is -1.02. The number of guanidine groups is 1. The Morgan fingerprint density at radius 2 is 2.14 bits per heavy atom. The van der Waals surface area contributed by atoms with Gasteiger partial charge in [-0.25, -0.2) is 4.99 Å². The van der Waals surface area contributed by atoms with E-state index < -0.39 is 0 Å². The van der Waals surface area contributed by atoms with Gasteiger partial charge in [-0.05, 0) is 31.0 Å². The molecule has 1 aromatic rings. The highest BCUT2D eigenvalue weighted by molar-refractivity contribution is 14.0. The van der Waals surface area contributed by atoms with Crippen LogP contribution in [0.2, 0.25) is 0 Å². The largest absolute Gasteiger partial charge is 0.497 e. The second-order valence-corrected chi connectivity index (χ2v) is 4.91. The van der Waals surface area contributed by atoms with Crippen LogP contribution in [0.25, 0.3) is 0 Å². The molecule has 0 aliphatic carbocycles. The first kappa shape index (κ1) is 18.0. The van der Waals surface area contributed by atoms with Gasteiger partial charge in [0.15, 0.2) is 5.96 Å². The zero-order valence-corrected chi connectivity index (χ0v) is 14.9. The molecule has 6 heteroatoms. The van der Waals surface area contributed by atoms with E-state index in [1.54, 1.807) is 7.11 Å². The van der Waals surface area contributed by atoms with E-state index in [0.29, 0.717) is 13.1 Å². The van der Waals surface area contributed by atoms with Gasteiger partial charge in [-0.1, -0.05) is 12.1 Å². The van der Waals surface area contributed by atoms with Crippen LogP contribution in [0.4, 0.5) is 0 Å². The molecule has 0 radical (unpaired) electrons. The highest BCUT2D eigenvalue weighted by Crippen LogP contribution is 2.13. The molecule has 0 saturated carbocycles. The smallest absolute Gasteiger partial charge is 0.194 e. The average molecular weight is 405 g/mol. The number of aliphatic imine (C=N–C) groups is 1. The summed E-state index contributed by atoms with van der Waals surface area (Å²) in [6.07, 6.45) is 0.576. The number of rotatable bonds is 4. The van der Waals surface area contributed by atoms with E-state index in [9.17, 15) is 5.11 Å². The van der Waals surface area contributed by atoms with Crippen LogP contribution < -0.4 is 10.1 Å². The molecule has 0 amide bonds. The van der Waals surface area contributed by atoms with Crippen LogP contribution in [-0.2, 0) is 6.54 Å². The number of nitrogens with one attached hydrogen (secondary N) is 1. The van der Waals surface area contributed by atoms with E-state index in [4.69, 9.17) is 4.74 Å². The Labute approximate surface area is 143 Å². The number of nitrogens with zero attached hydrogens (tertiary/aromatic N) is 2. The Kier molecular flexibility index (Phi) is 7.81. The molecule has 1 aromatic carbocycles. The predicted octanol–water partition coefficient (Wildman–Crippen LogP) is 1.85. The van der Waals surface area contributed by atoms with Crippen LogP contribution in [0.3, 0.4) is 0 Å². The third-order valence-electron chi connectivity index (χ3n) is 3.37. The predicted molar refractivity (Wildman–Crippen MR) is 95.4 cm³/mol. The summed E-state index contributed by atoms with van der Waals surface area (Å²) >= 11 is 0. The van der Waals surface area contributed by atoms with Crippen molar-refractivity contribution in [2.75, 3.05) is 26.7 Å². The van der Waals surface area contributed by atoms with Gasteiger partial charge in [0, 0.05) is 19.6 Å². The third-order valence-corrected chi connectivity index (χ3v) is 3.37. The van der Waals surface area contributed by atoms with Crippen LogP contribution in [0.1, 0.15) is 18.9 Å². The molecule has 1 heterocycles. The minimum Gasteiger partial charge on any atom is -0.497 e. The maximum atomic E-state index is 9.62. The van der Waals surface area contributed by atoms with Gasteiger partial charge in [0.1, 0.15) is 5.75 Å². The lowest BCUT2D eigenvalue weighted by molar-refractivity contribution is 0.188. The molecule has 0 unspecified atom stereocenters. The van der Waals surface area contributed by atoms with Gasteiger partial charge >= 0.3 is 0 Å². The molecule has 0 aromatic heterocycles. The molecule has 2 N–H and O–H groups in total. The minimum atomic E-state index is -0.236. The number of ether oxygens (including phenoxy) is 1. The number of benzene rings is 1. The van der Waals surface area contributed by atoms with Crippen LogP contribution in [0.15, 0.2) is 29.3 Å². The minimum absolute atomic E-state index is 0. The molecular weight excluding hydrogens is 381 g/mol. The Balaban J connectivity index is 0.00000220. The van der Waals surface area contributed by atoms with Crippen molar-refractivity contribution in [1.82, 2.24) is 10.2 Å². The molecule has 1 saturated heterocycles. The first-order valence-electron chi connectivity index (χ1n) is 7.07. The van der Waals surface area contributed by atoms with Crippen molar-refractivity contribution in [3.05, 3.63) is 29.8 Å². The third kappa shape index (κ3) is 5.35. The Morgan fingerprint density at radius 1 is 1.43 bits per heavy atom. The van der Waals surface area contributed by atoms with Crippen molar-refractivity contribution in [2.24, 2.45) is 4.99 Å². The maximum absolute atomic E-state index is 9.62. The molecule has 2 rings (SSSR count). The van der Waals surface area contributed by atoms with Crippen molar-refractivity contribution in [3.63, 3.8) is 0 Å². The number of halogens is 1. The fraction of sp³-hybridized carbons (Fsp3) is 0.533. The van der Waals surface area contributed by atoms with E-state index >= 15 is 0 Å². The lowest BCUT2D eigenvalue weighted by Crippen LogP contribution is -2.40. The number of aliphatic hydroxyl groups excluding tert-OH is 1. The number of likely N-dealkylation sites (tertiary alicyclic amines) is 1. The van der Waals surface area contributed by atoms with Gasteiger partial charge in [0.05, 0.1) is 19.8 Å². The number of hydrogen-bond acceptors (Lipinski definition) is 3. The van der Waals surface area contributed by atoms with E-state index in [0.717, 1.165) is 36.8 Å². The summed E-state index contributed by atoms with van der Waals surface area (Å²) < 4.78 is 5.14. The van der Waals surface area contributed by atoms with Crippen LogP contribution in [0.5, 0.6) is 5.75 Å². The van der Waals surface area contributed by atoms with Crippen molar-refractivity contribution >= 4 is 29.9 Å². The number of hydrogen-bond donors (Lipinski definition) is 2. The molecule has 0 bridgehead atoms. The normalized spacial score (nSPS) is 18.3. The van der Waals surface area contributed by atoms with Crippen LogP contribution >= 0.6 is 24.0 Å². The van der Waals surface area contributed by atoms with Gasteiger partial charge < -0.3 is 20.1 Å². The van der Waals surface area contributed by atoms with Crippen LogP contribution in [-0.4, -0.2) is 48.8 Å². The number of β-amino-alcohol motifs (C(OH)–C–C–N with tert-alkyl or cyclic N) is 1. The molecule has 21 heavy (non-hydrogen) atoms. The van der Waals surface area contributed by atoms with Gasteiger partial charge in [-0.3, -0.25) is 0 Å². The Morgan fingerprint density at radius 3 is 2.67 bits per heavy atom. The summed E-state index contributed by atoms with van der Waals surface area (Å²) in [6.45, 7) is 5.02. The maximum Gasteiger partial charge on any atom is 0.194 e. The zero-order valence-electron chi connectivity index (χ0n) is 12.6. The molecule has 118 valence electrons. The zero-order chi connectivity index (χ0) is 14.4. The average Bonchev–Trinajstić information content (AvgIpc) is 2.90. The quantitative estimate of drug-likeness (QED) is 0.456. The fourth-order valence-electron chi connectivity index (χ4n) is 2.26. The van der Waals surface area contributed by atoms with Crippen molar-refractivity contribution in [3.8, 4) is 5.75 Å². The fourth-order valence-corrected chi connectivity index (χ4v) is 2.26. The highest BCUT2D eigenvalue weighted by Gasteiger charge is 2.22.